The standard InChI is InChI=1S/C28H30Cl2N2O6/c1-31-25(36)27(29)13-19-16(22(28(27,30)26(31)37)17-9-8-15(33)12-20(17)38-2)10-11-18-21(19)24(35)32(23(18)34)14-6-4-3-5-7-14/h8-10,12,14,18-19,21-22,33H,3-7,11,13H2,1-2H3. The van der Waals surface area contributed by atoms with Gasteiger partial charge in [-0.2, -0.15) is 0 Å². The number of likely N-dealkylation sites (tertiary alicyclic amines) is 2. The summed E-state index contributed by atoms with van der Waals surface area (Å²) in [4.78, 5) is 53.5. The molecule has 0 spiro atoms. The summed E-state index contributed by atoms with van der Waals surface area (Å²) in [6.45, 7) is 0. The van der Waals surface area contributed by atoms with Gasteiger partial charge in [-0.1, -0.05) is 37.0 Å². The van der Waals surface area contributed by atoms with Crippen LogP contribution in [0.1, 0.15) is 56.4 Å². The van der Waals surface area contributed by atoms with E-state index in [4.69, 9.17) is 27.9 Å². The van der Waals surface area contributed by atoms with Crippen LogP contribution in [-0.4, -0.2) is 68.5 Å². The molecule has 1 N–H and O–H groups in total. The Morgan fingerprint density at radius 1 is 1.00 bits per heavy atom. The Morgan fingerprint density at radius 3 is 2.39 bits per heavy atom. The van der Waals surface area contributed by atoms with E-state index in [1.807, 2.05) is 6.08 Å². The summed E-state index contributed by atoms with van der Waals surface area (Å²) in [6, 6.07) is 4.39. The van der Waals surface area contributed by atoms with Crippen molar-refractivity contribution < 1.29 is 29.0 Å². The molecule has 2 saturated heterocycles. The summed E-state index contributed by atoms with van der Waals surface area (Å²) in [5.41, 5.74) is 1.20. The minimum Gasteiger partial charge on any atom is -0.508 e. The number of carbonyl (C=O) groups is 4. The summed E-state index contributed by atoms with van der Waals surface area (Å²) < 4.78 is 5.57. The van der Waals surface area contributed by atoms with E-state index in [9.17, 15) is 24.3 Å². The summed E-state index contributed by atoms with van der Waals surface area (Å²) in [6.07, 6.45) is 6.88. The van der Waals surface area contributed by atoms with Crippen molar-refractivity contribution in [3.05, 3.63) is 35.4 Å². The second-order valence-electron chi connectivity index (χ2n) is 11.3. The zero-order chi connectivity index (χ0) is 27.1. The molecule has 0 bridgehead atoms. The molecule has 6 atom stereocenters. The van der Waals surface area contributed by atoms with E-state index in [0.29, 0.717) is 17.6 Å². The third-order valence-corrected chi connectivity index (χ3v) is 10.9. The number of aromatic hydroxyl groups is 1. The normalized spacial score (nSPS) is 37.2. The summed E-state index contributed by atoms with van der Waals surface area (Å²) in [5.74, 6) is -4.06. The highest BCUT2D eigenvalue weighted by Gasteiger charge is 2.76. The number of hydrogen-bond donors (Lipinski definition) is 1. The van der Waals surface area contributed by atoms with Gasteiger partial charge in [-0.05, 0) is 37.7 Å². The first-order valence-corrected chi connectivity index (χ1v) is 14.0. The number of allylic oxidation sites excluding steroid dienone is 2. The molecule has 2 heterocycles. The fourth-order valence-corrected chi connectivity index (χ4v) is 8.76. The van der Waals surface area contributed by atoms with Gasteiger partial charge in [0, 0.05) is 30.6 Å². The van der Waals surface area contributed by atoms with Crippen LogP contribution in [-0.2, 0) is 19.2 Å². The summed E-state index contributed by atoms with van der Waals surface area (Å²) in [7, 11) is 2.80. The number of amides is 4. The van der Waals surface area contributed by atoms with E-state index >= 15 is 0 Å². The van der Waals surface area contributed by atoms with E-state index in [1.165, 1.54) is 31.2 Å². The molecule has 6 rings (SSSR count). The molecule has 6 unspecified atom stereocenters. The lowest BCUT2D eigenvalue weighted by Gasteiger charge is -2.51. The number of fused-ring (bicyclic) bond motifs is 4. The second-order valence-corrected chi connectivity index (χ2v) is 12.5. The molecule has 4 fully saturated rings. The Hall–Kier alpha value is -2.58. The lowest BCUT2D eigenvalue weighted by atomic mass is 9.56. The predicted molar refractivity (Wildman–Crippen MR) is 139 cm³/mol. The SMILES string of the molecule is COc1cc(O)ccc1C1C2=CCC3C(=O)N(C4CCCCC4)C(=O)C3C2CC2(Cl)C(=O)N(C)C(=O)C12Cl. The quantitative estimate of drug-likeness (QED) is 0.343. The Labute approximate surface area is 230 Å². The molecule has 0 radical (unpaired) electrons. The Morgan fingerprint density at radius 2 is 1.71 bits per heavy atom. The number of nitrogens with zero attached hydrogens (tertiary/aromatic N) is 2. The highest BCUT2D eigenvalue weighted by atomic mass is 35.5. The molecule has 3 aliphatic carbocycles. The Kier molecular flexibility index (Phi) is 5.89. The first-order chi connectivity index (χ1) is 18.1. The van der Waals surface area contributed by atoms with Crippen molar-refractivity contribution in [3.8, 4) is 11.5 Å². The largest absolute Gasteiger partial charge is 0.508 e. The fourth-order valence-electron chi connectivity index (χ4n) is 7.75. The van der Waals surface area contributed by atoms with Crippen molar-refractivity contribution in [2.75, 3.05) is 14.2 Å². The second kappa shape index (κ2) is 8.71. The molecular weight excluding hydrogens is 531 g/mol. The van der Waals surface area contributed by atoms with Crippen molar-refractivity contribution in [3.63, 3.8) is 0 Å². The van der Waals surface area contributed by atoms with Crippen molar-refractivity contribution in [1.82, 2.24) is 9.80 Å². The molecule has 38 heavy (non-hydrogen) atoms. The number of benzene rings is 1. The molecule has 10 heteroatoms. The first-order valence-electron chi connectivity index (χ1n) is 13.2. The lowest BCUT2D eigenvalue weighted by molar-refractivity contribution is -0.144. The van der Waals surface area contributed by atoms with E-state index in [1.54, 1.807) is 6.07 Å². The zero-order valence-corrected chi connectivity index (χ0v) is 22.8. The van der Waals surface area contributed by atoms with Crippen LogP contribution < -0.4 is 4.74 Å². The van der Waals surface area contributed by atoms with Gasteiger partial charge in [0.25, 0.3) is 11.8 Å². The first kappa shape index (κ1) is 25.7. The van der Waals surface area contributed by atoms with Gasteiger partial charge in [0.1, 0.15) is 11.5 Å². The van der Waals surface area contributed by atoms with Gasteiger partial charge < -0.3 is 9.84 Å². The monoisotopic (exact) mass is 560 g/mol. The van der Waals surface area contributed by atoms with Crippen LogP contribution in [0, 0.1) is 17.8 Å². The van der Waals surface area contributed by atoms with Crippen molar-refractivity contribution >= 4 is 46.8 Å². The maximum atomic E-state index is 14.0. The van der Waals surface area contributed by atoms with Gasteiger partial charge in [0.05, 0.1) is 18.9 Å². The predicted octanol–water partition coefficient (Wildman–Crippen LogP) is 3.72. The van der Waals surface area contributed by atoms with Crippen LogP contribution in [0.2, 0.25) is 0 Å². The number of phenolic OH excluding ortho intramolecular Hbond substituents is 1. The molecule has 2 saturated carbocycles. The number of ether oxygens (including phenoxy) is 1. The minimum absolute atomic E-state index is 0.0333. The summed E-state index contributed by atoms with van der Waals surface area (Å²) in [5, 5.41) is 10.1. The molecule has 5 aliphatic rings. The number of phenols is 1. The topological polar surface area (TPSA) is 104 Å². The maximum absolute atomic E-state index is 14.0. The number of methoxy groups -OCH3 is 1. The van der Waals surface area contributed by atoms with Crippen molar-refractivity contribution in [2.45, 2.75) is 66.7 Å². The number of imide groups is 2. The maximum Gasteiger partial charge on any atom is 0.253 e. The van der Waals surface area contributed by atoms with Crippen LogP contribution in [0.15, 0.2) is 29.8 Å². The molecule has 8 nitrogen and oxygen atoms in total. The van der Waals surface area contributed by atoms with E-state index in [-0.39, 0.29) is 35.8 Å². The Bertz CT molecular complexity index is 1290. The lowest BCUT2D eigenvalue weighted by Crippen LogP contribution is -2.60. The average molecular weight is 561 g/mol. The fraction of sp³-hybridized carbons (Fsp3) is 0.571. The Balaban J connectivity index is 1.51. The van der Waals surface area contributed by atoms with Crippen LogP contribution in [0.25, 0.3) is 0 Å². The highest BCUT2D eigenvalue weighted by molar-refractivity contribution is 6.53. The number of hydrogen-bond acceptors (Lipinski definition) is 6. The van der Waals surface area contributed by atoms with Crippen LogP contribution in [0.5, 0.6) is 11.5 Å². The molecule has 0 aromatic heterocycles. The van der Waals surface area contributed by atoms with Crippen molar-refractivity contribution in [2.24, 2.45) is 17.8 Å². The number of carbonyl (C=O) groups excluding carboxylic acids is 4. The third-order valence-electron chi connectivity index (χ3n) is 9.52. The molecule has 4 amide bonds. The number of halogens is 2. The smallest absolute Gasteiger partial charge is 0.253 e. The number of alkyl halides is 2. The van der Waals surface area contributed by atoms with Gasteiger partial charge in [0.2, 0.25) is 11.8 Å². The summed E-state index contributed by atoms with van der Waals surface area (Å²) >= 11 is 14.4. The number of rotatable bonds is 3. The minimum atomic E-state index is -1.88. The average Bonchev–Trinajstić information content (AvgIpc) is 3.24. The van der Waals surface area contributed by atoms with Crippen LogP contribution >= 0.6 is 23.2 Å². The molecule has 202 valence electrons. The van der Waals surface area contributed by atoms with Gasteiger partial charge in [-0.15, -0.1) is 23.2 Å². The van der Waals surface area contributed by atoms with Gasteiger partial charge >= 0.3 is 0 Å². The van der Waals surface area contributed by atoms with Gasteiger partial charge in [-0.25, -0.2) is 0 Å². The zero-order valence-electron chi connectivity index (χ0n) is 21.3. The van der Waals surface area contributed by atoms with E-state index in [0.717, 1.165) is 37.0 Å². The molecular formula is C28H30Cl2N2O6. The van der Waals surface area contributed by atoms with Crippen LogP contribution in [0.4, 0.5) is 0 Å². The van der Waals surface area contributed by atoms with E-state index < -0.39 is 45.2 Å². The van der Waals surface area contributed by atoms with E-state index in [2.05, 4.69) is 0 Å². The third kappa shape index (κ3) is 3.16. The van der Waals surface area contributed by atoms with Crippen molar-refractivity contribution in [1.29, 1.82) is 0 Å². The molecule has 1 aromatic carbocycles. The molecule has 1 aromatic rings. The van der Waals surface area contributed by atoms with Gasteiger partial charge in [0.15, 0.2) is 9.75 Å². The van der Waals surface area contributed by atoms with Gasteiger partial charge in [-0.3, -0.25) is 29.0 Å². The molecule has 2 aliphatic heterocycles. The van der Waals surface area contributed by atoms with Crippen LogP contribution in [0.3, 0.4) is 0 Å². The highest BCUT2D eigenvalue weighted by Crippen LogP contribution is 2.66.